The molecule has 0 radical (unpaired) electrons. The van der Waals surface area contributed by atoms with Crippen molar-refractivity contribution in [1.29, 1.82) is 0 Å². The van der Waals surface area contributed by atoms with E-state index in [9.17, 15) is 4.79 Å². The molecule has 2 aliphatic heterocycles. The van der Waals surface area contributed by atoms with Gasteiger partial charge in [0.2, 0.25) is 5.91 Å². The van der Waals surface area contributed by atoms with Gasteiger partial charge in [0.15, 0.2) is 0 Å². The first-order valence-corrected chi connectivity index (χ1v) is 9.74. The molecule has 2 aromatic rings. The molecule has 2 fully saturated rings. The fourth-order valence-corrected chi connectivity index (χ4v) is 4.79. The third kappa shape index (κ3) is 3.45. The van der Waals surface area contributed by atoms with Crippen LogP contribution in [0.2, 0.25) is 0 Å². The van der Waals surface area contributed by atoms with E-state index in [0.717, 1.165) is 12.1 Å². The third-order valence-electron chi connectivity index (χ3n) is 6.15. The second kappa shape index (κ2) is 7.20. The number of amides is 1. The largest absolute Gasteiger partial charge is 0.344 e. The summed E-state index contributed by atoms with van der Waals surface area (Å²) in [5.41, 5.74) is 1.14. The third-order valence-corrected chi connectivity index (χ3v) is 6.15. The van der Waals surface area contributed by atoms with E-state index in [4.69, 9.17) is 0 Å². The van der Waals surface area contributed by atoms with Gasteiger partial charge in [0, 0.05) is 31.3 Å². The first kappa shape index (κ1) is 16.6. The maximum atomic E-state index is 12.8. The van der Waals surface area contributed by atoms with Gasteiger partial charge < -0.3 is 14.4 Å². The number of nitrogens with zero attached hydrogens (tertiary/aromatic N) is 3. The first-order valence-electron chi connectivity index (χ1n) is 9.74. The highest BCUT2D eigenvalue weighted by molar-refractivity contribution is 5.83. The molecule has 0 saturated carbocycles. The van der Waals surface area contributed by atoms with E-state index in [2.05, 4.69) is 27.7 Å². The normalized spacial score (nSPS) is 24.2. The van der Waals surface area contributed by atoms with Crippen LogP contribution in [0.15, 0.2) is 36.5 Å². The van der Waals surface area contributed by atoms with Gasteiger partial charge in [-0.3, -0.25) is 4.79 Å². The number of hydrogen-bond donors (Lipinski definition) is 0. The van der Waals surface area contributed by atoms with Gasteiger partial charge in [-0.05, 0) is 62.2 Å². The Morgan fingerprint density at radius 2 is 1.96 bits per heavy atom. The average molecular weight is 339 g/mol. The molecule has 0 aliphatic carbocycles. The van der Waals surface area contributed by atoms with Crippen LogP contribution in [-0.2, 0) is 11.3 Å². The number of hydrogen-bond acceptors (Lipinski definition) is 2. The summed E-state index contributed by atoms with van der Waals surface area (Å²) in [5.74, 6) is 0.860. The molecule has 0 N–H and O–H groups in total. The zero-order valence-electron chi connectivity index (χ0n) is 15.2. The van der Waals surface area contributed by atoms with Crippen LogP contribution in [-0.4, -0.2) is 53.0 Å². The number of benzene rings is 1. The average Bonchev–Trinajstić information content (AvgIpc) is 3.05. The lowest BCUT2D eigenvalue weighted by Gasteiger charge is -2.45. The first-order chi connectivity index (χ1) is 12.2. The monoisotopic (exact) mass is 339 g/mol. The Morgan fingerprint density at radius 1 is 1.12 bits per heavy atom. The highest BCUT2D eigenvalue weighted by atomic mass is 16.2. The fourth-order valence-electron chi connectivity index (χ4n) is 4.79. The second-order valence-corrected chi connectivity index (χ2v) is 7.78. The predicted octanol–water partition coefficient (Wildman–Crippen LogP) is 3.36. The lowest BCUT2D eigenvalue weighted by atomic mass is 9.83. The van der Waals surface area contributed by atoms with Crippen molar-refractivity contribution >= 4 is 16.8 Å². The summed E-state index contributed by atoms with van der Waals surface area (Å²) in [6, 6.07) is 11.0. The smallest absolute Gasteiger partial charge is 0.242 e. The van der Waals surface area contributed by atoms with E-state index >= 15 is 0 Å². The number of rotatable bonds is 4. The van der Waals surface area contributed by atoms with E-state index in [1.54, 1.807) is 0 Å². The van der Waals surface area contributed by atoms with Gasteiger partial charge >= 0.3 is 0 Å². The van der Waals surface area contributed by atoms with E-state index in [-0.39, 0.29) is 5.91 Å². The van der Waals surface area contributed by atoms with E-state index < -0.39 is 0 Å². The van der Waals surface area contributed by atoms with Gasteiger partial charge in [-0.15, -0.1) is 0 Å². The molecule has 25 heavy (non-hydrogen) atoms. The van der Waals surface area contributed by atoms with Crippen molar-refractivity contribution in [3.8, 4) is 0 Å². The minimum atomic E-state index is 0.217. The van der Waals surface area contributed by atoms with Crippen molar-refractivity contribution in [2.75, 3.05) is 26.7 Å². The Balaban J connectivity index is 1.40. The van der Waals surface area contributed by atoms with Gasteiger partial charge in [-0.1, -0.05) is 24.6 Å². The highest BCUT2D eigenvalue weighted by Crippen LogP contribution is 2.31. The molecule has 134 valence electrons. The Bertz CT molecular complexity index is 736. The summed E-state index contributed by atoms with van der Waals surface area (Å²) in [6.45, 7) is 3.85. The van der Waals surface area contributed by atoms with Gasteiger partial charge in [0.1, 0.15) is 6.54 Å². The molecule has 0 bridgehead atoms. The van der Waals surface area contributed by atoms with Gasteiger partial charge in [-0.25, -0.2) is 0 Å². The molecule has 4 nitrogen and oxygen atoms in total. The van der Waals surface area contributed by atoms with Crippen LogP contribution in [0.25, 0.3) is 10.9 Å². The second-order valence-electron chi connectivity index (χ2n) is 7.78. The molecule has 4 heteroatoms. The van der Waals surface area contributed by atoms with E-state index in [0.29, 0.717) is 18.5 Å². The molecular formula is C21H29N3O. The number of carbonyl (C=O) groups is 1. The number of para-hydroxylation sites is 1. The zero-order chi connectivity index (χ0) is 17.2. The zero-order valence-corrected chi connectivity index (χ0v) is 15.2. The van der Waals surface area contributed by atoms with E-state index in [1.807, 2.05) is 30.3 Å². The predicted molar refractivity (Wildman–Crippen MR) is 102 cm³/mol. The molecule has 0 spiro atoms. The van der Waals surface area contributed by atoms with Gasteiger partial charge in [0.05, 0.1) is 0 Å². The Morgan fingerprint density at radius 3 is 2.88 bits per heavy atom. The number of likely N-dealkylation sites (N-methyl/N-ethyl adjacent to an activating group) is 1. The number of piperidine rings is 2. The quantitative estimate of drug-likeness (QED) is 0.854. The molecule has 2 atom stereocenters. The van der Waals surface area contributed by atoms with Gasteiger partial charge in [-0.2, -0.15) is 0 Å². The number of carbonyl (C=O) groups excluding carboxylic acids is 1. The Kier molecular flexibility index (Phi) is 4.80. The lowest BCUT2D eigenvalue weighted by molar-refractivity contribution is -0.131. The van der Waals surface area contributed by atoms with Crippen molar-refractivity contribution in [2.45, 2.75) is 44.7 Å². The standard InChI is InChI=1S/C21H29N3O/c1-22(15-18-8-6-13-23-12-5-4-10-20(18)23)21(25)16-24-14-11-17-7-2-3-9-19(17)24/h2-3,7,9,11,14,18,20H,4-6,8,10,12-13,15-16H2,1H3/t18-,20+/m0/s1. The Hall–Kier alpha value is -1.81. The lowest BCUT2D eigenvalue weighted by Crippen LogP contribution is -2.51. The number of aromatic nitrogens is 1. The van der Waals surface area contributed by atoms with Crippen molar-refractivity contribution in [3.05, 3.63) is 36.5 Å². The minimum absolute atomic E-state index is 0.217. The molecular weight excluding hydrogens is 310 g/mol. The Labute approximate surface area is 150 Å². The summed E-state index contributed by atoms with van der Waals surface area (Å²) < 4.78 is 2.07. The minimum Gasteiger partial charge on any atom is -0.344 e. The van der Waals surface area contributed by atoms with Crippen molar-refractivity contribution < 1.29 is 4.79 Å². The molecule has 4 rings (SSSR count). The number of fused-ring (bicyclic) bond motifs is 2. The fraction of sp³-hybridized carbons (Fsp3) is 0.571. The summed E-state index contributed by atoms with van der Waals surface area (Å²) in [7, 11) is 1.98. The molecule has 1 aromatic heterocycles. The van der Waals surface area contributed by atoms with Crippen LogP contribution in [0.3, 0.4) is 0 Å². The summed E-state index contributed by atoms with van der Waals surface area (Å²) in [4.78, 5) is 17.4. The maximum Gasteiger partial charge on any atom is 0.242 e. The molecule has 3 heterocycles. The van der Waals surface area contributed by atoms with Gasteiger partial charge in [0.25, 0.3) is 0 Å². The summed E-state index contributed by atoms with van der Waals surface area (Å²) in [6.07, 6.45) is 8.59. The molecule has 2 aliphatic rings. The molecule has 0 unspecified atom stereocenters. The van der Waals surface area contributed by atoms with Crippen LogP contribution < -0.4 is 0 Å². The topological polar surface area (TPSA) is 28.5 Å². The van der Waals surface area contributed by atoms with Crippen LogP contribution in [0.1, 0.15) is 32.1 Å². The summed E-state index contributed by atoms with van der Waals surface area (Å²) >= 11 is 0. The molecule has 2 saturated heterocycles. The SMILES string of the molecule is CN(C[C@@H]1CCCN2CCCC[C@H]12)C(=O)Cn1ccc2ccccc21. The maximum absolute atomic E-state index is 12.8. The van der Waals surface area contributed by atoms with Crippen LogP contribution in [0.4, 0.5) is 0 Å². The van der Waals surface area contributed by atoms with Crippen LogP contribution in [0, 0.1) is 5.92 Å². The summed E-state index contributed by atoms with van der Waals surface area (Å²) in [5, 5.41) is 1.20. The van der Waals surface area contributed by atoms with Crippen LogP contribution >= 0.6 is 0 Å². The molecule has 1 amide bonds. The van der Waals surface area contributed by atoms with E-state index in [1.165, 1.54) is 50.6 Å². The van der Waals surface area contributed by atoms with Crippen LogP contribution in [0.5, 0.6) is 0 Å². The van der Waals surface area contributed by atoms with Crippen molar-refractivity contribution in [3.63, 3.8) is 0 Å². The molecule has 1 aromatic carbocycles. The van der Waals surface area contributed by atoms with Crippen molar-refractivity contribution in [1.82, 2.24) is 14.4 Å². The highest BCUT2D eigenvalue weighted by Gasteiger charge is 2.33. The van der Waals surface area contributed by atoms with Crippen molar-refractivity contribution in [2.24, 2.45) is 5.92 Å².